The fourth-order valence-corrected chi connectivity index (χ4v) is 3.48. The number of nitrogens with zero attached hydrogens (tertiary/aromatic N) is 2. The Morgan fingerprint density at radius 1 is 1.24 bits per heavy atom. The topological polar surface area (TPSA) is 89.8 Å². The number of benzene rings is 2. The van der Waals surface area contributed by atoms with Crippen LogP contribution in [0, 0.1) is 16.0 Å². The van der Waals surface area contributed by atoms with Crippen LogP contribution in [0.5, 0.6) is 0 Å². The van der Waals surface area contributed by atoms with Gasteiger partial charge in [0.15, 0.2) is 0 Å². The summed E-state index contributed by atoms with van der Waals surface area (Å²) >= 11 is 5.87. The molecule has 1 aliphatic heterocycles. The van der Waals surface area contributed by atoms with Gasteiger partial charge >= 0.3 is 5.97 Å². The first kappa shape index (κ1) is 20.8. The zero-order valence-corrected chi connectivity index (χ0v) is 16.7. The van der Waals surface area contributed by atoms with Crippen molar-refractivity contribution in [1.29, 1.82) is 0 Å². The van der Waals surface area contributed by atoms with Gasteiger partial charge in [0.1, 0.15) is 6.10 Å². The molecule has 152 valence electrons. The van der Waals surface area contributed by atoms with Crippen LogP contribution < -0.4 is 0 Å². The molecule has 1 saturated heterocycles. The monoisotopic (exact) mass is 416 g/mol. The minimum Gasteiger partial charge on any atom is -0.458 e. The molecule has 0 bridgehead atoms. The van der Waals surface area contributed by atoms with Gasteiger partial charge in [0, 0.05) is 35.8 Å². The molecule has 0 aromatic heterocycles. The van der Waals surface area contributed by atoms with E-state index in [1.165, 1.54) is 12.1 Å². The molecule has 1 amide bonds. The van der Waals surface area contributed by atoms with E-state index in [-0.39, 0.29) is 18.1 Å². The zero-order valence-electron chi connectivity index (χ0n) is 15.9. The molecule has 2 aromatic rings. The van der Waals surface area contributed by atoms with Gasteiger partial charge in [-0.3, -0.25) is 19.7 Å². The quantitative estimate of drug-likeness (QED) is 0.409. The number of rotatable bonds is 5. The molecule has 8 heteroatoms. The predicted molar refractivity (Wildman–Crippen MR) is 108 cm³/mol. The predicted octanol–water partition coefficient (Wildman–Crippen LogP) is 4.40. The Kier molecular flexibility index (Phi) is 6.49. The average Bonchev–Trinajstić information content (AvgIpc) is 2.74. The second kappa shape index (κ2) is 9.05. The van der Waals surface area contributed by atoms with E-state index in [1.54, 1.807) is 48.2 Å². The van der Waals surface area contributed by atoms with Gasteiger partial charge in [-0.05, 0) is 49.6 Å². The summed E-state index contributed by atoms with van der Waals surface area (Å²) in [6.07, 6.45) is 0.708. The number of nitro benzene ring substituents is 1. The van der Waals surface area contributed by atoms with E-state index in [9.17, 15) is 19.7 Å². The zero-order chi connectivity index (χ0) is 21.0. The molecule has 1 heterocycles. The Morgan fingerprint density at radius 2 is 1.97 bits per heavy atom. The summed E-state index contributed by atoms with van der Waals surface area (Å²) in [4.78, 5) is 37.4. The molecule has 0 N–H and O–H groups in total. The molecule has 0 unspecified atom stereocenters. The number of esters is 1. The van der Waals surface area contributed by atoms with Crippen LogP contribution in [0.2, 0.25) is 5.02 Å². The largest absolute Gasteiger partial charge is 0.458 e. The molecule has 1 fully saturated rings. The number of nitro groups is 1. The molecule has 2 aromatic carbocycles. The van der Waals surface area contributed by atoms with Crippen molar-refractivity contribution in [2.24, 2.45) is 5.92 Å². The van der Waals surface area contributed by atoms with Gasteiger partial charge in [-0.2, -0.15) is 0 Å². The number of carbonyl (C=O) groups excluding carboxylic acids is 2. The second-order valence-electron chi connectivity index (χ2n) is 7.03. The van der Waals surface area contributed by atoms with Crippen molar-refractivity contribution in [2.45, 2.75) is 25.9 Å². The molecule has 0 saturated carbocycles. The molecule has 7 nitrogen and oxygen atoms in total. The first-order valence-electron chi connectivity index (χ1n) is 9.35. The Balaban J connectivity index is 1.63. The number of likely N-dealkylation sites (tertiary alicyclic amines) is 1. The van der Waals surface area contributed by atoms with Crippen LogP contribution >= 0.6 is 11.6 Å². The van der Waals surface area contributed by atoms with Gasteiger partial charge < -0.3 is 9.64 Å². The lowest BCUT2D eigenvalue weighted by molar-refractivity contribution is -0.385. The SMILES string of the molecule is C[C@@H](OC(=O)[C@H]1CCCN(C(=O)c2ccc(Cl)cc2)C1)c1cccc([N+](=O)[O-])c1. The summed E-state index contributed by atoms with van der Waals surface area (Å²) in [6, 6.07) is 12.7. The third kappa shape index (κ3) is 5.12. The lowest BCUT2D eigenvalue weighted by Gasteiger charge is -2.32. The van der Waals surface area contributed by atoms with Crippen LogP contribution in [-0.2, 0) is 9.53 Å². The van der Waals surface area contributed by atoms with Crippen LogP contribution in [0.1, 0.15) is 41.8 Å². The highest BCUT2D eigenvalue weighted by molar-refractivity contribution is 6.30. The Hall–Kier alpha value is -2.93. The van der Waals surface area contributed by atoms with Crippen molar-refractivity contribution < 1.29 is 19.2 Å². The van der Waals surface area contributed by atoms with Crippen molar-refractivity contribution in [1.82, 2.24) is 4.90 Å². The molecule has 0 radical (unpaired) electrons. The summed E-state index contributed by atoms with van der Waals surface area (Å²) in [7, 11) is 0. The van der Waals surface area contributed by atoms with Gasteiger partial charge in [0.2, 0.25) is 0 Å². The number of non-ortho nitro benzene ring substituents is 1. The number of hydrogen-bond acceptors (Lipinski definition) is 5. The Labute approximate surface area is 173 Å². The summed E-state index contributed by atoms with van der Waals surface area (Å²) in [5.41, 5.74) is 1.02. The van der Waals surface area contributed by atoms with E-state index < -0.39 is 22.9 Å². The van der Waals surface area contributed by atoms with Gasteiger partial charge in [-0.15, -0.1) is 0 Å². The maximum absolute atomic E-state index is 12.7. The van der Waals surface area contributed by atoms with Crippen LogP contribution in [-0.4, -0.2) is 34.8 Å². The molecule has 0 aliphatic carbocycles. The number of amides is 1. The van der Waals surface area contributed by atoms with Crippen LogP contribution in [0.15, 0.2) is 48.5 Å². The molecule has 3 rings (SSSR count). The minimum atomic E-state index is -0.621. The minimum absolute atomic E-state index is 0.0530. The first-order valence-corrected chi connectivity index (χ1v) is 9.72. The molecule has 29 heavy (non-hydrogen) atoms. The standard InChI is InChI=1S/C21H21ClN2O5/c1-14(16-4-2-6-19(12-16)24(27)28)29-21(26)17-5-3-11-23(13-17)20(25)15-7-9-18(22)10-8-15/h2,4,6-10,12,14,17H,3,5,11,13H2,1H3/t14-,17+/m1/s1. The molecule has 0 spiro atoms. The fraction of sp³-hybridized carbons (Fsp3) is 0.333. The number of carbonyl (C=O) groups is 2. The summed E-state index contributed by atoms with van der Waals surface area (Å²) in [6.45, 7) is 2.53. The van der Waals surface area contributed by atoms with Crippen molar-refractivity contribution in [3.05, 3.63) is 74.8 Å². The maximum atomic E-state index is 12.7. The highest BCUT2D eigenvalue weighted by Gasteiger charge is 2.31. The van der Waals surface area contributed by atoms with E-state index in [2.05, 4.69) is 0 Å². The van der Waals surface area contributed by atoms with E-state index >= 15 is 0 Å². The highest BCUT2D eigenvalue weighted by Crippen LogP contribution is 2.26. The van der Waals surface area contributed by atoms with Crippen LogP contribution in [0.4, 0.5) is 5.69 Å². The van der Waals surface area contributed by atoms with E-state index in [0.717, 1.165) is 0 Å². The Morgan fingerprint density at radius 3 is 2.66 bits per heavy atom. The average molecular weight is 417 g/mol. The van der Waals surface area contributed by atoms with Gasteiger partial charge in [-0.25, -0.2) is 0 Å². The number of ether oxygens (including phenoxy) is 1. The third-order valence-electron chi connectivity index (χ3n) is 4.98. The molecular weight excluding hydrogens is 396 g/mol. The third-order valence-corrected chi connectivity index (χ3v) is 5.23. The van der Waals surface area contributed by atoms with Gasteiger partial charge in [0.25, 0.3) is 11.6 Å². The normalized spacial score (nSPS) is 17.4. The van der Waals surface area contributed by atoms with Crippen molar-refractivity contribution >= 4 is 29.2 Å². The van der Waals surface area contributed by atoms with Gasteiger partial charge in [-0.1, -0.05) is 23.7 Å². The second-order valence-corrected chi connectivity index (χ2v) is 7.46. The summed E-state index contributed by atoms with van der Waals surface area (Å²) in [5, 5.41) is 11.5. The van der Waals surface area contributed by atoms with Crippen LogP contribution in [0.25, 0.3) is 0 Å². The van der Waals surface area contributed by atoms with Crippen molar-refractivity contribution in [3.63, 3.8) is 0 Å². The summed E-state index contributed by atoms with van der Waals surface area (Å²) < 4.78 is 5.54. The van der Waals surface area contributed by atoms with E-state index in [1.807, 2.05) is 0 Å². The molecular formula is C21H21ClN2O5. The smallest absolute Gasteiger partial charge is 0.311 e. The highest BCUT2D eigenvalue weighted by atomic mass is 35.5. The van der Waals surface area contributed by atoms with Crippen molar-refractivity contribution in [2.75, 3.05) is 13.1 Å². The number of hydrogen-bond donors (Lipinski definition) is 0. The van der Waals surface area contributed by atoms with Gasteiger partial charge in [0.05, 0.1) is 10.8 Å². The number of halogens is 1. The number of piperidine rings is 1. The van der Waals surface area contributed by atoms with Crippen LogP contribution in [0.3, 0.4) is 0 Å². The Bertz CT molecular complexity index is 916. The fourth-order valence-electron chi connectivity index (χ4n) is 3.36. The lowest BCUT2D eigenvalue weighted by Crippen LogP contribution is -2.42. The van der Waals surface area contributed by atoms with Crippen molar-refractivity contribution in [3.8, 4) is 0 Å². The van der Waals surface area contributed by atoms with E-state index in [0.29, 0.717) is 35.5 Å². The maximum Gasteiger partial charge on any atom is 0.311 e. The summed E-state index contributed by atoms with van der Waals surface area (Å²) in [5.74, 6) is -0.982. The lowest BCUT2D eigenvalue weighted by atomic mass is 9.97. The molecule has 2 atom stereocenters. The first-order chi connectivity index (χ1) is 13.8. The molecule has 1 aliphatic rings. The van der Waals surface area contributed by atoms with E-state index in [4.69, 9.17) is 16.3 Å².